The summed E-state index contributed by atoms with van der Waals surface area (Å²) in [5.41, 5.74) is 2.12. The van der Waals surface area contributed by atoms with Crippen LogP contribution in [-0.2, 0) is 4.57 Å². The molecule has 8 nitrogen and oxygen atoms in total. The maximum Gasteiger partial charge on any atom is 0.389 e. The summed E-state index contributed by atoms with van der Waals surface area (Å²) in [5, 5.41) is 5.27. The zero-order valence-corrected chi connectivity index (χ0v) is 12.6. The molecule has 2 aromatic carbocycles. The van der Waals surface area contributed by atoms with Crippen LogP contribution in [0.15, 0.2) is 24.3 Å². The number of hydrogen-bond acceptors (Lipinski definition) is 5. The van der Waals surface area contributed by atoms with E-state index in [1.165, 1.54) is 0 Å². The Hall–Kier alpha value is -2.57. The van der Waals surface area contributed by atoms with E-state index in [0.717, 1.165) is 0 Å². The van der Waals surface area contributed by atoms with E-state index >= 15 is 0 Å². The SMILES string of the molecule is O=P1(O)Nc2ccc3c(c2-c2c(ccc4c2OCO4)N1)OCO3. The highest BCUT2D eigenvalue weighted by Gasteiger charge is 2.35. The Labute approximate surface area is 130 Å². The standard InChI is InChI=1S/C14H11N2O6P/c17-23(18)15-7-1-3-9-13(21-5-19-9)11(7)12-8(16-23)2-4-10-14(12)22-6-20-10/h1-4H,5-6H2,(H3,15,16,17,18). The van der Waals surface area contributed by atoms with Gasteiger partial charge in [0.2, 0.25) is 13.6 Å². The predicted octanol–water partition coefficient (Wildman–Crippen LogP) is 2.75. The third-order valence-corrected chi connectivity index (χ3v) is 4.96. The summed E-state index contributed by atoms with van der Waals surface area (Å²) < 4.78 is 34.4. The average Bonchev–Trinajstić information content (AvgIpc) is 3.13. The minimum absolute atomic E-state index is 0.0950. The first-order valence-electron chi connectivity index (χ1n) is 6.87. The lowest BCUT2D eigenvalue weighted by Gasteiger charge is -2.13. The van der Waals surface area contributed by atoms with Gasteiger partial charge in [0.05, 0.1) is 22.5 Å². The molecule has 3 heterocycles. The van der Waals surface area contributed by atoms with Crippen LogP contribution < -0.4 is 29.1 Å². The fraction of sp³-hybridized carbons (Fsp3) is 0.143. The first-order valence-corrected chi connectivity index (χ1v) is 8.53. The summed E-state index contributed by atoms with van der Waals surface area (Å²) in [6, 6.07) is 6.74. The van der Waals surface area contributed by atoms with Crippen molar-refractivity contribution in [1.29, 1.82) is 0 Å². The quantitative estimate of drug-likeness (QED) is 0.633. The van der Waals surface area contributed by atoms with Gasteiger partial charge in [-0.2, -0.15) is 0 Å². The third-order valence-electron chi connectivity index (χ3n) is 3.87. The Balaban J connectivity index is 1.90. The summed E-state index contributed by atoms with van der Waals surface area (Å²) in [4.78, 5) is 10.1. The van der Waals surface area contributed by atoms with Gasteiger partial charge in [-0.1, -0.05) is 0 Å². The second kappa shape index (κ2) is 4.24. The zero-order chi connectivity index (χ0) is 15.6. The lowest BCUT2D eigenvalue weighted by molar-refractivity contribution is 0.173. The van der Waals surface area contributed by atoms with Gasteiger partial charge in [-0.05, 0) is 24.3 Å². The van der Waals surface area contributed by atoms with Gasteiger partial charge in [-0.15, -0.1) is 0 Å². The first-order chi connectivity index (χ1) is 11.1. The molecule has 0 aromatic heterocycles. The highest BCUT2D eigenvalue weighted by molar-refractivity contribution is 7.61. The van der Waals surface area contributed by atoms with E-state index in [4.69, 9.17) is 18.9 Å². The van der Waals surface area contributed by atoms with Gasteiger partial charge in [-0.25, -0.2) is 4.57 Å². The van der Waals surface area contributed by atoms with Crippen molar-refractivity contribution in [3.63, 3.8) is 0 Å². The molecule has 9 heteroatoms. The fourth-order valence-corrected chi connectivity index (χ4v) is 4.06. The van der Waals surface area contributed by atoms with E-state index in [1.54, 1.807) is 24.3 Å². The van der Waals surface area contributed by atoms with E-state index in [1.807, 2.05) is 0 Å². The number of nitrogens with one attached hydrogen (secondary N) is 2. The van der Waals surface area contributed by atoms with Crippen LogP contribution in [0.1, 0.15) is 0 Å². The van der Waals surface area contributed by atoms with Crippen LogP contribution in [0.2, 0.25) is 0 Å². The monoisotopic (exact) mass is 334 g/mol. The molecule has 3 aliphatic heterocycles. The van der Waals surface area contributed by atoms with Crippen molar-refractivity contribution in [3.05, 3.63) is 24.3 Å². The number of rotatable bonds is 0. The highest BCUT2D eigenvalue weighted by atomic mass is 31.2. The lowest BCUT2D eigenvalue weighted by Crippen LogP contribution is -2.03. The normalized spacial score (nSPS) is 18.3. The number of hydrogen-bond donors (Lipinski definition) is 3. The van der Waals surface area contributed by atoms with Gasteiger partial charge < -0.3 is 23.8 Å². The maximum absolute atomic E-state index is 12.4. The Morgan fingerprint density at radius 3 is 1.78 bits per heavy atom. The summed E-state index contributed by atoms with van der Waals surface area (Å²) in [6.07, 6.45) is 0. The number of fused-ring (bicyclic) bond motifs is 7. The van der Waals surface area contributed by atoms with E-state index in [9.17, 15) is 9.46 Å². The highest BCUT2D eigenvalue weighted by Crippen LogP contribution is 2.59. The van der Waals surface area contributed by atoms with Gasteiger partial charge in [0.1, 0.15) is 0 Å². The molecule has 118 valence electrons. The van der Waals surface area contributed by atoms with Crippen LogP contribution in [0, 0.1) is 0 Å². The van der Waals surface area contributed by atoms with Gasteiger partial charge >= 0.3 is 7.67 Å². The smallest absolute Gasteiger partial charge is 0.389 e. The second-order valence-corrected chi connectivity index (χ2v) is 6.84. The second-order valence-electron chi connectivity index (χ2n) is 5.24. The molecule has 0 bridgehead atoms. The Morgan fingerprint density at radius 1 is 0.826 bits per heavy atom. The van der Waals surface area contributed by atoms with Crippen molar-refractivity contribution in [1.82, 2.24) is 0 Å². The van der Waals surface area contributed by atoms with Crippen molar-refractivity contribution in [2.45, 2.75) is 0 Å². The molecule has 0 aliphatic carbocycles. The first kappa shape index (κ1) is 12.9. The van der Waals surface area contributed by atoms with Crippen LogP contribution in [0.4, 0.5) is 11.4 Å². The molecular weight excluding hydrogens is 323 g/mol. The molecule has 0 amide bonds. The maximum atomic E-state index is 12.4. The van der Waals surface area contributed by atoms with Crippen molar-refractivity contribution >= 4 is 19.0 Å². The molecule has 0 saturated carbocycles. The van der Waals surface area contributed by atoms with Crippen LogP contribution in [-0.4, -0.2) is 18.5 Å². The third kappa shape index (κ3) is 1.79. The van der Waals surface area contributed by atoms with E-state index in [-0.39, 0.29) is 13.6 Å². The van der Waals surface area contributed by atoms with Gasteiger partial charge in [0.15, 0.2) is 23.0 Å². The summed E-state index contributed by atoms with van der Waals surface area (Å²) in [7, 11) is -3.84. The predicted molar refractivity (Wildman–Crippen MR) is 81.2 cm³/mol. The molecule has 0 saturated heterocycles. The molecule has 0 atom stereocenters. The molecule has 0 unspecified atom stereocenters. The lowest BCUT2D eigenvalue weighted by atomic mass is 9.99. The van der Waals surface area contributed by atoms with E-state index in [2.05, 4.69) is 10.2 Å². The minimum atomic E-state index is -3.84. The van der Waals surface area contributed by atoms with Crippen LogP contribution in [0.5, 0.6) is 23.0 Å². The molecule has 0 radical (unpaired) electrons. The van der Waals surface area contributed by atoms with Crippen LogP contribution in [0.3, 0.4) is 0 Å². The number of benzene rings is 2. The topological polar surface area (TPSA) is 98.3 Å². The van der Waals surface area contributed by atoms with Crippen molar-refractivity contribution in [2.75, 3.05) is 23.8 Å². The fourth-order valence-electron chi connectivity index (χ4n) is 2.98. The Bertz CT molecular complexity index is 830. The zero-order valence-electron chi connectivity index (χ0n) is 11.7. The van der Waals surface area contributed by atoms with Crippen molar-refractivity contribution in [3.8, 4) is 34.1 Å². The summed E-state index contributed by atoms with van der Waals surface area (Å²) >= 11 is 0. The molecule has 3 N–H and O–H groups in total. The van der Waals surface area contributed by atoms with E-state index < -0.39 is 7.67 Å². The van der Waals surface area contributed by atoms with Crippen molar-refractivity contribution < 1.29 is 28.4 Å². The molecular formula is C14H11N2O6P. The van der Waals surface area contributed by atoms with Gasteiger partial charge in [0, 0.05) is 0 Å². The number of ether oxygens (including phenoxy) is 4. The summed E-state index contributed by atoms with van der Waals surface area (Å²) in [6.45, 7) is 0.190. The molecule has 0 spiro atoms. The largest absolute Gasteiger partial charge is 0.454 e. The van der Waals surface area contributed by atoms with Crippen molar-refractivity contribution in [2.24, 2.45) is 0 Å². The van der Waals surface area contributed by atoms with E-state index in [0.29, 0.717) is 45.5 Å². The van der Waals surface area contributed by atoms with Crippen LogP contribution in [0.25, 0.3) is 11.1 Å². The molecule has 2 aromatic rings. The van der Waals surface area contributed by atoms with Crippen LogP contribution >= 0.6 is 7.67 Å². The average molecular weight is 334 g/mol. The molecule has 3 aliphatic rings. The molecule has 23 heavy (non-hydrogen) atoms. The van der Waals surface area contributed by atoms with Gasteiger partial charge in [0.25, 0.3) is 0 Å². The Kier molecular flexibility index (Phi) is 2.39. The number of anilines is 2. The molecule has 0 fully saturated rings. The Morgan fingerprint density at radius 2 is 1.30 bits per heavy atom. The minimum Gasteiger partial charge on any atom is -0.454 e. The summed E-state index contributed by atoms with van der Waals surface area (Å²) in [5.74, 6) is 2.15. The van der Waals surface area contributed by atoms with Gasteiger partial charge in [-0.3, -0.25) is 10.2 Å². The molecule has 5 rings (SSSR count).